The number of aromatic nitrogens is 1. The Morgan fingerprint density at radius 3 is 2.43 bits per heavy atom. The molecule has 0 aliphatic heterocycles. The molecule has 0 unspecified atom stereocenters. The number of nitrogens with zero attached hydrogens (tertiary/aromatic N) is 1. The highest BCUT2D eigenvalue weighted by atomic mass is 32.1. The van der Waals surface area contributed by atoms with Gasteiger partial charge in [-0.15, -0.1) is 11.3 Å². The fourth-order valence-corrected chi connectivity index (χ4v) is 3.30. The third-order valence-corrected chi connectivity index (χ3v) is 4.71. The highest BCUT2D eigenvalue weighted by Crippen LogP contribution is 2.39. The molecule has 108 valence electrons. The number of fused-ring (bicyclic) bond motifs is 1. The number of rotatable bonds is 3. The first-order valence-electron chi connectivity index (χ1n) is 6.94. The molecule has 2 aromatic carbocycles. The zero-order chi connectivity index (χ0) is 15.0. The smallest absolute Gasteiger partial charge is 0.126 e. The first-order valence-corrected chi connectivity index (χ1v) is 7.75. The van der Waals surface area contributed by atoms with Gasteiger partial charge in [0.2, 0.25) is 0 Å². The van der Waals surface area contributed by atoms with Crippen LogP contribution in [0.3, 0.4) is 0 Å². The van der Waals surface area contributed by atoms with Crippen molar-refractivity contribution in [2.45, 2.75) is 19.8 Å². The number of thiazole rings is 1. The van der Waals surface area contributed by atoms with E-state index in [1.54, 1.807) is 18.4 Å². The Hall–Kier alpha value is -2.07. The quantitative estimate of drug-likeness (QED) is 0.764. The summed E-state index contributed by atoms with van der Waals surface area (Å²) in [6, 6.07) is 12.2. The van der Waals surface area contributed by atoms with Gasteiger partial charge in [-0.25, -0.2) is 4.98 Å². The number of benzene rings is 2. The average molecular weight is 298 g/mol. The monoisotopic (exact) mass is 298 g/mol. The van der Waals surface area contributed by atoms with Gasteiger partial charge in [-0.2, -0.15) is 0 Å². The molecule has 4 heteroatoms. The van der Waals surface area contributed by atoms with Crippen molar-refractivity contribution in [1.82, 2.24) is 4.98 Å². The SMILES string of the molecule is COc1ccc(-c2nc(C(C)C)sc2N)c2ccccc12. The summed E-state index contributed by atoms with van der Waals surface area (Å²) in [5.41, 5.74) is 8.14. The van der Waals surface area contributed by atoms with Crippen LogP contribution >= 0.6 is 11.3 Å². The Morgan fingerprint density at radius 1 is 1.10 bits per heavy atom. The lowest BCUT2D eigenvalue weighted by molar-refractivity contribution is 0.420. The van der Waals surface area contributed by atoms with Gasteiger partial charge in [0, 0.05) is 16.9 Å². The van der Waals surface area contributed by atoms with Crippen LogP contribution < -0.4 is 10.5 Å². The lowest BCUT2D eigenvalue weighted by Crippen LogP contribution is -1.91. The summed E-state index contributed by atoms with van der Waals surface area (Å²) in [5, 5.41) is 4.04. The van der Waals surface area contributed by atoms with Gasteiger partial charge in [0.25, 0.3) is 0 Å². The van der Waals surface area contributed by atoms with E-state index in [1.807, 2.05) is 24.3 Å². The third kappa shape index (κ3) is 2.36. The molecule has 0 saturated heterocycles. The van der Waals surface area contributed by atoms with Crippen LogP contribution in [0.4, 0.5) is 5.00 Å². The van der Waals surface area contributed by atoms with Crippen molar-refractivity contribution in [3.63, 3.8) is 0 Å². The van der Waals surface area contributed by atoms with Crippen molar-refractivity contribution in [1.29, 1.82) is 0 Å². The van der Waals surface area contributed by atoms with E-state index in [-0.39, 0.29) is 0 Å². The largest absolute Gasteiger partial charge is 0.496 e. The van der Waals surface area contributed by atoms with E-state index in [2.05, 4.69) is 26.0 Å². The normalized spacial score (nSPS) is 11.2. The summed E-state index contributed by atoms with van der Waals surface area (Å²) in [6.45, 7) is 4.27. The van der Waals surface area contributed by atoms with Gasteiger partial charge in [0.15, 0.2) is 0 Å². The molecule has 0 saturated carbocycles. The maximum absolute atomic E-state index is 6.20. The van der Waals surface area contributed by atoms with Crippen LogP contribution in [0.2, 0.25) is 0 Å². The molecule has 3 nitrogen and oxygen atoms in total. The predicted octanol–water partition coefficient (Wildman–Crippen LogP) is 4.68. The van der Waals surface area contributed by atoms with Crippen molar-refractivity contribution in [2.75, 3.05) is 12.8 Å². The summed E-state index contributed by atoms with van der Waals surface area (Å²) in [6.07, 6.45) is 0. The van der Waals surface area contributed by atoms with E-state index < -0.39 is 0 Å². The molecule has 3 rings (SSSR count). The second-order valence-corrected chi connectivity index (χ2v) is 6.34. The highest BCUT2D eigenvalue weighted by Gasteiger charge is 2.16. The molecule has 2 N–H and O–H groups in total. The van der Waals surface area contributed by atoms with Gasteiger partial charge in [0.1, 0.15) is 16.4 Å². The molecule has 0 bridgehead atoms. The maximum Gasteiger partial charge on any atom is 0.126 e. The standard InChI is InChI=1S/C17H18N2OS/c1-10(2)17-19-15(16(18)21-17)13-8-9-14(20-3)12-7-5-4-6-11(12)13/h4-10H,18H2,1-3H3. The van der Waals surface area contributed by atoms with E-state index >= 15 is 0 Å². The molecule has 0 fully saturated rings. The summed E-state index contributed by atoms with van der Waals surface area (Å²) in [4.78, 5) is 4.74. The van der Waals surface area contributed by atoms with E-state index in [1.165, 1.54) is 0 Å². The average Bonchev–Trinajstić information content (AvgIpc) is 2.88. The summed E-state index contributed by atoms with van der Waals surface area (Å²) < 4.78 is 5.44. The number of nitrogen functional groups attached to an aromatic ring is 1. The minimum atomic E-state index is 0.385. The van der Waals surface area contributed by atoms with E-state index in [4.69, 9.17) is 15.5 Å². The van der Waals surface area contributed by atoms with Crippen LogP contribution in [-0.4, -0.2) is 12.1 Å². The molecular weight excluding hydrogens is 280 g/mol. The fourth-order valence-electron chi connectivity index (χ4n) is 2.44. The third-order valence-electron chi connectivity index (χ3n) is 3.52. The summed E-state index contributed by atoms with van der Waals surface area (Å²) in [7, 11) is 1.69. The Labute approximate surface area is 128 Å². The van der Waals surface area contributed by atoms with Gasteiger partial charge in [-0.3, -0.25) is 0 Å². The predicted molar refractivity (Wildman–Crippen MR) is 90.1 cm³/mol. The number of ether oxygens (including phenoxy) is 1. The first-order chi connectivity index (χ1) is 10.1. The van der Waals surface area contributed by atoms with Crippen LogP contribution in [0.15, 0.2) is 36.4 Å². The van der Waals surface area contributed by atoms with Crippen LogP contribution in [0.5, 0.6) is 5.75 Å². The van der Waals surface area contributed by atoms with Crippen molar-refractivity contribution >= 4 is 27.1 Å². The second-order valence-electron chi connectivity index (χ2n) is 5.28. The van der Waals surface area contributed by atoms with Crippen molar-refractivity contribution in [2.24, 2.45) is 0 Å². The lowest BCUT2D eigenvalue weighted by Gasteiger charge is -2.09. The summed E-state index contributed by atoms with van der Waals surface area (Å²) >= 11 is 1.57. The van der Waals surface area contributed by atoms with Gasteiger partial charge < -0.3 is 10.5 Å². The molecule has 0 amide bonds. The molecule has 0 aliphatic carbocycles. The van der Waals surface area contributed by atoms with Crippen LogP contribution in [0.25, 0.3) is 22.0 Å². The Balaban J connectivity index is 2.26. The Bertz CT molecular complexity index is 793. The number of anilines is 1. The molecule has 3 aromatic rings. The second kappa shape index (κ2) is 5.37. The molecule has 0 radical (unpaired) electrons. The molecule has 1 aromatic heterocycles. The minimum absolute atomic E-state index is 0.385. The zero-order valence-corrected chi connectivity index (χ0v) is 13.2. The van der Waals surface area contributed by atoms with Gasteiger partial charge in [0.05, 0.1) is 12.1 Å². The maximum atomic E-state index is 6.20. The number of hydrogen-bond acceptors (Lipinski definition) is 4. The molecule has 21 heavy (non-hydrogen) atoms. The Kier molecular flexibility index (Phi) is 3.55. The molecular formula is C17H18N2OS. The molecule has 0 aliphatic rings. The molecule has 0 atom stereocenters. The number of methoxy groups -OCH3 is 1. The van der Waals surface area contributed by atoms with Crippen LogP contribution in [-0.2, 0) is 0 Å². The van der Waals surface area contributed by atoms with Gasteiger partial charge in [-0.05, 0) is 17.5 Å². The summed E-state index contributed by atoms with van der Waals surface area (Å²) in [5.74, 6) is 1.25. The topological polar surface area (TPSA) is 48.1 Å². The number of nitrogens with two attached hydrogens (primary N) is 1. The highest BCUT2D eigenvalue weighted by molar-refractivity contribution is 7.16. The molecule has 0 spiro atoms. The molecule has 1 heterocycles. The van der Waals surface area contributed by atoms with Gasteiger partial charge >= 0.3 is 0 Å². The van der Waals surface area contributed by atoms with E-state index in [0.29, 0.717) is 5.92 Å². The lowest BCUT2D eigenvalue weighted by atomic mass is 10.0. The zero-order valence-electron chi connectivity index (χ0n) is 12.4. The number of hydrogen-bond donors (Lipinski definition) is 1. The Morgan fingerprint density at radius 2 is 1.81 bits per heavy atom. The van der Waals surface area contributed by atoms with Crippen molar-refractivity contribution in [3.8, 4) is 17.0 Å². The van der Waals surface area contributed by atoms with E-state index in [0.717, 1.165) is 37.8 Å². The van der Waals surface area contributed by atoms with Crippen LogP contribution in [0, 0.1) is 0 Å². The minimum Gasteiger partial charge on any atom is -0.496 e. The van der Waals surface area contributed by atoms with Crippen LogP contribution in [0.1, 0.15) is 24.8 Å². The fraction of sp³-hybridized carbons (Fsp3) is 0.235. The first kappa shape index (κ1) is 13.9. The van der Waals surface area contributed by atoms with Gasteiger partial charge in [-0.1, -0.05) is 38.1 Å². The van der Waals surface area contributed by atoms with E-state index in [9.17, 15) is 0 Å². The van der Waals surface area contributed by atoms with Crippen molar-refractivity contribution in [3.05, 3.63) is 41.4 Å². The van der Waals surface area contributed by atoms with Crippen molar-refractivity contribution < 1.29 is 4.74 Å².